The van der Waals surface area contributed by atoms with E-state index in [-0.39, 0.29) is 0 Å². The predicted molar refractivity (Wildman–Crippen MR) is 73.8 cm³/mol. The Hall–Kier alpha value is -2.01. The van der Waals surface area contributed by atoms with Crippen molar-refractivity contribution in [1.29, 1.82) is 0 Å². The van der Waals surface area contributed by atoms with Crippen LogP contribution in [0.15, 0.2) is 42.5 Å². The van der Waals surface area contributed by atoms with E-state index >= 15 is 0 Å². The lowest BCUT2D eigenvalue weighted by Gasteiger charge is -2.06. The highest BCUT2D eigenvalue weighted by Gasteiger charge is 2.01. The summed E-state index contributed by atoms with van der Waals surface area (Å²) in [5.41, 5.74) is 1.35. The van der Waals surface area contributed by atoms with Gasteiger partial charge in [-0.3, -0.25) is 0 Å². The van der Waals surface area contributed by atoms with Crippen molar-refractivity contribution in [2.75, 3.05) is 11.9 Å². The molecule has 18 heavy (non-hydrogen) atoms. The summed E-state index contributed by atoms with van der Waals surface area (Å²) in [4.78, 5) is 0. The molecule has 0 atom stereocenters. The van der Waals surface area contributed by atoms with E-state index in [2.05, 4.69) is 62.6 Å². The third-order valence-corrected chi connectivity index (χ3v) is 3.40. The van der Waals surface area contributed by atoms with Crippen molar-refractivity contribution >= 4 is 27.4 Å². The van der Waals surface area contributed by atoms with Gasteiger partial charge in [-0.05, 0) is 28.0 Å². The van der Waals surface area contributed by atoms with Crippen LogP contribution in [0.1, 0.15) is 5.56 Å². The van der Waals surface area contributed by atoms with Gasteiger partial charge >= 0.3 is 0 Å². The Balaban J connectivity index is 1.74. The number of nitrogens with one attached hydrogen (secondary N) is 1. The summed E-state index contributed by atoms with van der Waals surface area (Å²) >= 11 is 1.28. The van der Waals surface area contributed by atoms with Crippen LogP contribution < -0.4 is 5.32 Å². The number of hydrogen-bond acceptors (Lipinski definition) is 5. The highest BCUT2D eigenvalue weighted by molar-refractivity contribution is 7.09. The largest absolute Gasteiger partial charge is 0.359 e. The first-order chi connectivity index (χ1) is 8.93. The van der Waals surface area contributed by atoms with Gasteiger partial charge in [0.15, 0.2) is 0 Å². The van der Waals surface area contributed by atoms with Crippen LogP contribution in [-0.4, -0.2) is 21.3 Å². The lowest BCUT2D eigenvalue weighted by Crippen LogP contribution is -2.04. The molecule has 0 bridgehead atoms. The van der Waals surface area contributed by atoms with E-state index < -0.39 is 0 Å². The summed E-state index contributed by atoms with van der Waals surface area (Å²) in [6.07, 6.45) is 0.959. The molecule has 2 aromatic carbocycles. The summed E-state index contributed by atoms with van der Waals surface area (Å²) in [6, 6.07) is 14.9. The molecular formula is C13H12N4S. The second kappa shape index (κ2) is 5.10. The van der Waals surface area contributed by atoms with Crippen LogP contribution in [0.25, 0.3) is 10.8 Å². The van der Waals surface area contributed by atoms with Crippen molar-refractivity contribution in [2.45, 2.75) is 6.42 Å². The summed E-state index contributed by atoms with van der Waals surface area (Å²) in [5, 5.41) is 14.0. The third kappa shape index (κ3) is 2.31. The minimum atomic E-state index is 0.773. The maximum atomic E-state index is 3.86. The molecule has 0 saturated heterocycles. The minimum absolute atomic E-state index is 0.773. The number of aromatic nitrogens is 3. The lowest BCUT2D eigenvalue weighted by atomic mass is 10.0. The van der Waals surface area contributed by atoms with Crippen LogP contribution in [-0.2, 0) is 6.42 Å². The minimum Gasteiger partial charge on any atom is -0.359 e. The summed E-state index contributed by atoms with van der Waals surface area (Å²) in [7, 11) is 0. The smallest absolute Gasteiger partial charge is 0.225 e. The predicted octanol–water partition coefficient (Wildman–Crippen LogP) is 2.74. The van der Waals surface area contributed by atoms with Crippen LogP contribution in [0, 0.1) is 0 Å². The van der Waals surface area contributed by atoms with Gasteiger partial charge < -0.3 is 5.32 Å². The van der Waals surface area contributed by atoms with Gasteiger partial charge in [0.2, 0.25) is 5.13 Å². The Morgan fingerprint density at radius 2 is 1.94 bits per heavy atom. The maximum Gasteiger partial charge on any atom is 0.225 e. The first-order valence-corrected chi connectivity index (χ1v) is 6.56. The molecule has 0 saturated carbocycles. The number of hydrogen-bond donors (Lipinski definition) is 1. The van der Waals surface area contributed by atoms with Gasteiger partial charge in [-0.15, -0.1) is 0 Å². The topological polar surface area (TPSA) is 50.7 Å². The van der Waals surface area contributed by atoms with E-state index in [1.807, 2.05) is 0 Å². The molecule has 1 aromatic heterocycles. The Kier molecular flexibility index (Phi) is 3.14. The molecule has 3 aromatic rings. The molecule has 4 nitrogen and oxygen atoms in total. The van der Waals surface area contributed by atoms with E-state index in [4.69, 9.17) is 0 Å². The van der Waals surface area contributed by atoms with Gasteiger partial charge in [-0.2, -0.15) is 0 Å². The van der Waals surface area contributed by atoms with Gasteiger partial charge in [0, 0.05) is 18.1 Å². The van der Waals surface area contributed by atoms with Crippen molar-refractivity contribution in [3.8, 4) is 0 Å². The standard InChI is InChI=1S/C13H12N4S/c1-2-7-12-10(4-1)5-3-6-11(12)8-9-14-13-15-16-17-18-13/h1-7H,8-9H2,(H,14,15,17). The van der Waals surface area contributed by atoms with Crippen LogP contribution in [0.3, 0.4) is 0 Å². The van der Waals surface area contributed by atoms with Crippen molar-refractivity contribution in [3.05, 3.63) is 48.0 Å². The van der Waals surface area contributed by atoms with Gasteiger partial charge in [-0.1, -0.05) is 52.1 Å². The van der Waals surface area contributed by atoms with Gasteiger partial charge in [0.25, 0.3) is 0 Å². The average molecular weight is 256 g/mol. The molecule has 0 aliphatic rings. The second-order valence-corrected chi connectivity index (χ2v) is 4.72. The summed E-state index contributed by atoms with van der Waals surface area (Å²) in [5.74, 6) is 0. The molecule has 0 spiro atoms. The fourth-order valence-electron chi connectivity index (χ4n) is 2.02. The van der Waals surface area contributed by atoms with Crippen molar-refractivity contribution < 1.29 is 0 Å². The molecule has 1 N–H and O–H groups in total. The molecule has 0 aliphatic heterocycles. The SMILES string of the molecule is c1ccc2c(CCNc3nnns3)cccc2c1. The molecule has 90 valence electrons. The number of rotatable bonds is 4. The molecule has 0 unspecified atom stereocenters. The van der Waals surface area contributed by atoms with Crippen molar-refractivity contribution in [1.82, 2.24) is 14.8 Å². The van der Waals surface area contributed by atoms with Crippen LogP contribution >= 0.6 is 11.5 Å². The zero-order chi connectivity index (χ0) is 12.2. The molecular weight excluding hydrogens is 244 g/mol. The van der Waals surface area contributed by atoms with E-state index in [0.29, 0.717) is 0 Å². The maximum absolute atomic E-state index is 3.86. The van der Waals surface area contributed by atoms with Gasteiger partial charge in [-0.25, -0.2) is 0 Å². The molecule has 0 fully saturated rings. The zero-order valence-corrected chi connectivity index (χ0v) is 10.5. The molecule has 5 heteroatoms. The number of anilines is 1. The lowest BCUT2D eigenvalue weighted by molar-refractivity contribution is 0.943. The molecule has 3 rings (SSSR count). The van der Waals surface area contributed by atoms with E-state index in [1.54, 1.807) is 0 Å². The van der Waals surface area contributed by atoms with Crippen LogP contribution in [0.4, 0.5) is 5.13 Å². The second-order valence-electron chi connectivity index (χ2n) is 3.98. The summed E-state index contributed by atoms with van der Waals surface area (Å²) in [6.45, 7) is 0.838. The highest BCUT2D eigenvalue weighted by Crippen LogP contribution is 2.19. The monoisotopic (exact) mass is 256 g/mol. The van der Waals surface area contributed by atoms with E-state index in [9.17, 15) is 0 Å². The fraction of sp³-hybridized carbons (Fsp3) is 0.154. The number of fused-ring (bicyclic) bond motifs is 1. The number of nitrogens with zero attached hydrogens (tertiary/aromatic N) is 3. The Bertz CT molecular complexity index is 631. The fourth-order valence-corrected chi connectivity index (χ4v) is 2.41. The van der Waals surface area contributed by atoms with Gasteiger partial charge in [0.1, 0.15) is 0 Å². The quantitative estimate of drug-likeness (QED) is 0.779. The zero-order valence-electron chi connectivity index (χ0n) is 9.71. The van der Waals surface area contributed by atoms with Gasteiger partial charge in [0.05, 0.1) is 0 Å². The van der Waals surface area contributed by atoms with Crippen LogP contribution in [0.5, 0.6) is 0 Å². The molecule has 1 heterocycles. The Morgan fingerprint density at radius 1 is 1.06 bits per heavy atom. The first-order valence-electron chi connectivity index (χ1n) is 5.79. The Morgan fingerprint density at radius 3 is 2.83 bits per heavy atom. The van der Waals surface area contributed by atoms with Crippen molar-refractivity contribution in [2.24, 2.45) is 0 Å². The highest BCUT2D eigenvalue weighted by atomic mass is 32.1. The number of benzene rings is 2. The van der Waals surface area contributed by atoms with Crippen LogP contribution in [0.2, 0.25) is 0 Å². The molecule has 0 aliphatic carbocycles. The normalized spacial score (nSPS) is 10.7. The average Bonchev–Trinajstić information content (AvgIpc) is 2.92. The first kappa shape index (κ1) is 11.1. The molecule has 0 radical (unpaired) electrons. The van der Waals surface area contributed by atoms with E-state index in [1.165, 1.54) is 27.9 Å². The molecule has 0 amide bonds. The Labute approximate surface area is 109 Å². The third-order valence-electron chi connectivity index (χ3n) is 2.85. The van der Waals surface area contributed by atoms with Crippen molar-refractivity contribution in [3.63, 3.8) is 0 Å². The summed E-state index contributed by atoms with van der Waals surface area (Å²) < 4.78 is 3.72. The van der Waals surface area contributed by atoms with E-state index in [0.717, 1.165) is 18.1 Å².